The number of benzene rings is 1. The highest BCUT2D eigenvalue weighted by Gasteiger charge is 2.27. The van der Waals surface area contributed by atoms with Crippen LogP contribution in [0, 0.1) is 5.41 Å². The standard InChI is InChI=1S/C16H21ClN2O2/c1-16(2,11-17)15(21)18-12-6-5-7-13(10-12)19-9-4-3-8-14(19)20/h5-7,10H,3-4,8-9,11H2,1-2H3,(H,18,21). The third kappa shape index (κ3) is 3.76. The van der Waals surface area contributed by atoms with E-state index in [1.807, 2.05) is 24.3 Å². The number of amides is 2. The van der Waals surface area contributed by atoms with E-state index in [-0.39, 0.29) is 17.7 Å². The Balaban J connectivity index is 2.14. The molecular formula is C16H21ClN2O2. The van der Waals surface area contributed by atoms with E-state index < -0.39 is 5.41 Å². The zero-order valence-electron chi connectivity index (χ0n) is 12.5. The number of carbonyl (C=O) groups is 2. The van der Waals surface area contributed by atoms with Gasteiger partial charge in [-0.05, 0) is 44.9 Å². The van der Waals surface area contributed by atoms with Gasteiger partial charge in [-0.2, -0.15) is 0 Å². The maximum Gasteiger partial charge on any atom is 0.231 e. The molecule has 0 aromatic heterocycles. The largest absolute Gasteiger partial charge is 0.326 e. The highest BCUT2D eigenvalue weighted by molar-refractivity contribution is 6.20. The lowest BCUT2D eigenvalue weighted by molar-refractivity contribution is -0.123. The molecule has 0 saturated carbocycles. The van der Waals surface area contributed by atoms with Crippen LogP contribution in [0.1, 0.15) is 33.1 Å². The first-order valence-corrected chi connectivity index (χ1v) is 7.75. The van der Waals surface area contributed by atoms with E-state index in [1.54, 1.807) is 18.7 Å². The van der Waals surface area contributed by atoms with E-state index >= 15 is 0 Å². The Morgan fingerprint density at radius 3 is 2.81 bits per heavy atom. The van der Waals surface area contributed by atoms with Gasteiger partial charge in [0.2, 0.25) is 11.8 Å². The van der Waals surface area contributed by atoms with Gasteiger partial charge in [-0.25, -0.2) is 0 Å². The molecule has 1 aliphatic rings. The van der Waals surface area contributed by atoms with Gasteiger partial charge in [0.05, 0.1) is 5.41 Å². The fourth-order valence-corrected chi connectivity index (χ4v) is 2.31. The summed E-state index contributed by atoms with van der Waals surface area (Å²) in [6, 6.07) is 7.40. The summed E-state index contributed by atoms with van der Waals surface area (Å²) in [5.74, 6) is 0.272. The Bertz CT molecular complexity index is 543. The topological polar surface area (TPSA) is 49.4 Å². The monoisotopic (exact) mass is 308 g/mol. The lowest BCUT2D eigenvalue weighted by Gasteiger charge is -2.27. The number of nitrogens with zero attached hydrogens (tertiary/aromatic N) is 1. The summed E-state index contributed by atoms with van der Waals surface area (Å²) in [5, 5.41) is 2.87. The molecule has 114 valence electrons. The number of alkyl halides is 1. The second kappa shape index (κ2) is 6.48. The third-order valence-electron chi connectivity index (χ3n) is 3.69. The van der Waals surface area contributed by atoms with Crippen LogP contribution >= 0.6 is 11.6 Å². The number of piperidine rings is 1. The molecule has 1 saturated heterocycles. The minimum atomic E-state index is -0.626. The molecule has 0 unspecified atom stereocenters. The van der Waals surface area contributed by atoms with Crippen LogP contribution in [0.15, 0.2) is 24.3 Å². The van der Waals surface area contributed by atoms with Crippen LogP contribution in [0.4, 0.5) is 11.4 Å². The van der Waals surface area contributed by atoms with Crippen molar-refractivity contribution in [2.24, 2.45) is 5.41 Å². The molecule has 2 amide bonds. The fraction of sp³-hybridized carbons (Fsp3) is 0.500. The number of carbonyl (C=O) groups excluding carboxylic acids is 2. The lowest BCUT2D eigenvalue weighted by atomic mass is 9.95. The summed E-state index contributed by atoms with van der Waals surface area (Å²) < 4.78 is 0. The van der Waals surface area contributed by atoms with Crippen molar-refractivity contribution in [3.05, 3.63) is 24.3 Å². The quantitative estimate of drug-likeness (QED) is 0.867. The van der Waals surface area contributed by atoms with Crippen LogP contribution in [0.25, 0.3) is 0 Å². The van der Waals surface area contributed by atoms with E-state index in [0.717, 1.165) is 25.1 Å². The molecule has 0 atom stereocenters. The summed E-state index contributed by atoms with van der Waals surface area (Å²) in [6.45, 7) is 4.34. The molecule has 1 fully saturated rings. The van der Waals surface area contributed by atoms with Crippen LogP contribution in [-0.2, 0) is 9.59 Å². The number of hydrogen-bond acceptors (Lipinski definition) is 2. The molecule has 1 aromatic rings. The van der Waals surface area contributed by atoms with Crippen molar-refractivity contribution >= 4 is 34.8 Å². The Kier molecular flexibility index (Phi) is 4.88. The van der Waals surface area contributed by atoms with Gasteiger partial charge in [-0.1, -0.05) is 6.07 Å². The molecule has 2 rings (SSSR count). The molecule has 1 aliphatic heterocycles. The normalized spacial score (nSPS) is 16.0. The second-order valence-electron chi connectivity index (χ2n) is 6.02. The molecule has 0 bridgehead atoms. The van der Waals surface area contributed by atoms with Crippen molar-refractivity contribution in [2.45, 2.75) is 33.1 Å². The first-order valence-electron chi connectivity index (χ1n) is 7.22. The van der Waals surface area contributed by atoms with E-state index in [9.17, 15) is 9.59 Å². The van der Waals surface area contributed by atoms with Crippen molar-refractivity contribution in [3.63, 3.8) is 0 Å². The van der Waals surface area contributed by atoms with Gasteiger partial charge in [0.15, 0.2) is 0 Å². The van der Waals surface area contributed by atoms with E-state index in [1.165, 1.54) is 0 Å². The summed E-state index contributed by atoms with van der Waals surface area (Å²) in [5.41, 5.74) is 0.897. The highest BCUT2D eigenvalue weighted by Crippen LogP contribution is 2.25. The Hall–Kier alpha value is -1.55. The summed E-state index contributed by atoms with van der Waals surface area (Å²) in [7, 11) is 0. The fourth-order valence-electron chi connectivity index (χ4n) is 2.19. The average Bonchev–Trinajstić information content (AvgIpc) is 2.48. The number of halogens is 1. The highest BCUT2D eigenvalue weighted by atomic mass is 35.5. The minimum Gasteiger partial charge on any atom is -0.326 e. The number of nitrogens with one attached hydrogen (secondary N) is 1. The molecular weight excluding hydrogens is 288 g/mol. The maximum atomic E-state index is 12.1. The Labute approximate surface area is 130 Å². The second-order valence-corrected chi connectivity index (χ2v) is 6.29. The van der Waals surface area contributed by atoms with Crippen LogP contribution in [-0.4, -0.2) is 24.2 Å². The first kappa shape index (κ1) is 15.8. The molecule has 21 heavy (non-hydrogen) atoms. The van der Waals surface area contributed by atoms with Gasteiger partial charge in [0.1, 0.15) is 0 Å². The summed E-state index contributed by atoms with van der Waals surface area (Å²) >= 11 is 5.81. The van der Waals surface area contributed by atoms with Crippen LogP contribution in [0.5, 0.6) is 0 Å². The van der Waals surface area contributed by atoms with Gasteiger partial charge < -0.3 is 10.2 Å². The van der Waals surface area contributed by atoms with Gasteiger partial charge in [-0.3, -0.25) is 9.59 Å². The number of rotatable bonds is 4. The maximum absolute atomic E-state index is 12.1. The molecule has 0 spiro atoms. The zero-order valence-corrected chi connectivity index (χ0v) is 13.2. The molecule has 0 aliphatic carbocycles. The van der Waals surface area contributed by atoms with Crippen LogP contribution in [0.3, 0.4) is 0 Å². The molecule has 0 radical (unpaired) electrons. The van der Waals surface area contributed by atoms with Gasteiger partial charge in [0.25, 0.3) is 0 Å². The number of anilines is 2. The zero-order chi connectivity index (χ0) is 15.5. The Morgan fingerprint density at radius 1 is 1.38 bits per heavy atom. The molecule has 1 heterocycles. The molecule has 4 nitrogen and oxygen atoms in total. The molecule has 1 aromatic carbocycles. The van der Waals surface area contributed by atoms with Crippen molar-refractivity contribution in [1.82, 2.24) is 0 Å². The van der Waals surface area contributed by atoms with E-state index in [0.29, 0.717) is 12.1 Å². The third-order valence-corrected chi connectivity index (χ3v) is 4.36. The SMILES string of the molecule is CC(C)(CCl)C(=O)Nc1cccc(N2CCCCC2=O)c1. The lowest BCUT2D eigenvalue weighted by Crippen LogP contribution is -2.35. The molecule has 1 N–H and O–H groups in total. The van der Waals surface area contributed by atoms with Crippen molar-refractivity contribution < 1.29 is 9.59 Å². The molecule has 5 heteroatoms. The van der Waals surface area contributed by atoms with Crippen molar-refractivity contribution in [1.29, 1.82) is 0 Å². The van der Waals surface area contributed by atoms with Gasteiger partial charge in [0, 0.05) is 30.2 Å². The minimum absolute atomic E-state index is 0.125. The van der Waals surface area contributed by atoms with Crippen molar-refractivity contribution in [2.75, 3.05) is 22.6 Å². The predicted molar refractivity (Wildman–Crippen MR) is 85.8 cm³/mol. The van der Waals surface area contributed by atoms with E-state index in [4.69, 9.17) is 11.6 Å². The Morgan fingerprint density at radius 2 is 2.14 bits per heavy atom. The predicted octanol–water partition coefficient (Wildman–Crippen LogP) is 3.41. The summed E-state index contributed by atoms with van der Waals surface area (Å²) in [6.07, 6.45) is 2.56. The van der Waals surface area contributed by atoms with Crippen LogP contribution < -0.4 is 10.2 Å². The first-order chi connectivity index (χ1) is 9.94. The summed E-state index contributed by atoms with van der Waals surface area (Å²) in [4.78, 5) is 25.9. The van der Waals surface area contributed by atoms with Gasteiger partial charge >= 0.3 is 0 Å². The van der Waals surface area contributed by atoms with Crippen LogP contribution in [0.2, 0.25) is 0 Å². The van der Waals surface area contributed by atoms with Gasteiger partial charge in [-0.15, -0.1) is 11.6 Å². The van der Waals surface area contributed by atoms with E-state index in [2.05, 4.69) is 5.32 Å². The average molecular weight is 309 g/mol. The smallest absolute Gasteiger partial charge is 0.231 e. The van der Waals surface area contributed by atoms with Crippen molar-refractivity contribution in [3.8, 4) is 0 Å². The number of hydrogen-bond donors (Lipinski definition) is 1.